The molecule has 0 spiro atoms. The first-order valence-electron chi connectivity index (χ1n) is 8.12. The second-order valence-corrected chi connectivity index (χ2v) is 8.76. The third-order valence-corrected chi connectivity index (χ3v) is 6.55. The fourth-order valence-corrected chi connectivity index (χ4v) is 4.96. The van der Waals surface area contributed by atoms with Gasteiger partial charge in [-0.3, -0.25) is 0 Å². The van der Waals surface area contributed by atoms with E-state index in [4.69, 9.17) is 4.98 Å². The highest BCUT2D eigenvalue weighted by Crippen LogP contribution is 2.49. The summed E-state index contributed by atoms with van der Waals surface area (Å²) in [5, 5.41) is 7.21. The Morgan fingerprint density at radius 3 is 2.70 bits per heavy atom. The SMILES string of the molecule is CC(NCc1csc(C(C)(C)C)n1)C1CC2CCC1C2. The minimum Gasteiger partial charge on any atom is -0.308 e. The molecule has 2 bridgehead atoms. The van der Waals surface area contributed by atoms with Gasteiger partial charge in [-0.05, 0) is 43.9 Å². The minimum atomic E-state index is 0.180. The summed E-state index contributed by atoms with van der Waals surface area (Å²) >= 11 is 1.80. The second-order valence-electron chi connectivity index (χ2n) is 7.90. The van der Waals surface area contributed by atoms with E-state index in [2.05, 4.69) is 38.4 Å². The van der Waals surface area contributed by atoms with Crippen LogP contribution in [0.25, 0.3) is 0 Å². The standard InChI is InChI=1S/C17H28N2S/c1-11(15-8-12-5-6-13(15)7-12)18-9-14-10-20-16(19-14)17(2,3)4/h10-13,15,18H,5-9H2,1-4H3. The van der Waals surface area contributed by atoms with E-state index < -0.39 is 0 Å². The lowest BCUT2D eigenvalue weighted by molar-refractivity contribution is 0.259. The van der Waals surface area contributed by atoms with Crippen LogP contribution in [0, 0.1) is 17.8 Å². The Hall–Kier alpha value is -0.410. The summed E-state index contributed by atoms with van der Waals surface area (Å²) in [5.41, 5.74) is 1.40. The maximum atomic E-state index is 4.78. The quantitative estimate of drug-likeness (QED) is 0.892. The third-order valence-electron chi connectivity index (χ3n) is 5.23. The number of hydrogen-bond donors (Lipinski definition) is 1. The minimum absolute atomic E-state index is 0.180. The van der Waals surface area contributed by atoms with Crippen LogP contribution in [0.15, 0.2) is 5.38 Å². The van der Waals surface area contributed by atoms with Crippen LogP contribution in [0.5, 0.6) is 0 Å². The summed E-state index contributed by atoms with van der Waals surface area (Å²) in [4.78, 5) is 4.78. The number of fused-ring (bicyclic) bond motifs is 2. The van der Waals surface area contributed by atoms with Crippen molar-refractivity contribution in [3.05, 3.63) is 16.1 Å². The topological polar surface area (TPSA) is 24.9 Å². The monoisotopic (exact) mass is 292 g/mol. The van der Waals surface area contributed by atoms with Crippen molar-refractivity contribution in [2.45, 2.75) is 71.4 Å². The average Bonchev–Trinajstić information content (AvgIpc) is 3.10. The zero-order valence-electron chi connectivity index (χ0n) is 13.3. The molecule has 4 unspecified atom stereocenters. The van der Waals surface area contributed by atoms with Crippen molar-refractivity contribution in [2.75, 3.05) is 0 Å². The number of thiazole rings is 1. The van der Waals surface area contributed by atoms with Gasteiger partial charge < -0.3 is 5.32 Å². The summed E-state index contributed by atoms with van der Waals surface area (Å²) in [6.45, 7) is 10.0. The van der Waals surface area contributed by atoms with Crippen LogP contribution >= 0.6 is 11.3 Å². The maximum absolute atomic E-state index is 4.78. The Labute approximate surface area is 127 Å². The van der Waals surface area contributed by atoms with Crippen LogP contribution in [-0.4, -0.2) is 11.0 Å². The van der Waals surface area contributed by atoms with Gasteiger partial charge in [0.2, 0.25) is 0 Å². The summed E-state index contributed by atoms with van der Waals surface area (Å²) in [5.74, 6) is 2.96. The van der Waals surface area contributed by atoms with Gasteiger partial charge in [-0.15, -0.1) is 11.3 Å². The van der Waals surface area contributed by atoms with Crippen LogP contribution in [0.3, 0.4) is 0 Å². The van der Waals surface area contributed by atoms with E-state index >= 15 is 0 Å². The molecule has 1 aromatic rings. The molecule has 20 heavy (non-hydrogen) atoms. The van der Waals surface area contributed by atoms with E-state index in [9.17, 15) is 0 Å². The molecule has 0 saturated heterocycles. The molecule has 0 aromatic carbocycles. The molecule has 2 saturated carbocycles. The largest absolute Gasteiger partial charge is 0.308 e. The molecule has 2 fully saturated rings. The van der Waals surface area contributed by atoms with E-state index in [-0.39, 0.29) is 5.41 Å². The Kier molecular flexibility index (Phi) is 3.93. The van der Waals surface area contributed by atoms with Crippen molar-refractivity contribution in [1.29, 1.82) is 0 Å². The van der Waals surface area contributed by atoms with Crippen molar-refractivity contribution in [1.82, 2.24) is 10.3 Å². The predicted molar refractivity (Wildman–Crippen MR) is 86.1 cm³/mol. The van der Waals surface area contributed by atoms with Gasteiger partial charge in [0.1, 0.15) is 0 Å². The Morgan fingerprint density at radius 2 is 2.15 bits per heavy atom. The first kappa shape index (κ1) is 14.5. The highest BCUT2D eigenvalue weighted by Gasteiger charge is 2.41. The number of hydrogen-bond acceptors (Lipinski definition) is 3. The number of nitrogens with one attached hydrogen (secondary N) is 1. The van der Waals surface area contributed by atoms with Crippen LogP contribution in [0.2, 0.25) is 0 Å². The van der Waals surface area contributed by atoms with Crippen LogP contribution in [0.4, 0.5) is 0 Å². The van der Waals surface area contributed by atoms with Crippen LogP contribution < -0.4 is 5.32 Å². The molecule has 2 nitrogen and oxygen atoms in total. The number of nitrogens with zero attached hydrogens (tertiary/aromatic N) is 1. The highest BCUT2D eigenvalue weighted by atomic mass is 32.1. The zero-order chi connectivity index (χ0) is 14.3. The Morgan fingerprint density at radius 1 is 1.35 bits per heavy atom. The van der Waals surface area contributed by atoms with Gasteiger partial charge >= 0.3 is 0 Å². The molecule has 4 atom stereocenters. The molecular formula is C17H28N2S. The molecular weight excluding hydrogens is 264 g/mol. The van der Waals surface area contributed by atoms with Gasteiger partial charge in [-0.25, -0.2) is 4.98 Å². The van der Waals surface area contributed by atoms with E-state index in [1.165, 1.54) is 36.4 Å². The fourth-order valence-electron chi connectivity index (χ4n) is 4.06. The number of rotatable bonds is 4. The van der Waals surface area contributed by atoms with Crippen LogP contribution in [0.1, 0.15) is 64.1 Å². The van der Waals surface area contributed by atoms with Gasteiger partial charge in [0.05, 0.1) is 10.7 Å². The third kappa shape index (κ3) is 2.94. The Bertz CT molecular complexity index is 460. The summed E-state index contributed by atoms with van der Waals surface area (Å²) in [7, 11) is 0. The van der Waals surface area contributed by atoms with Crippen molar-refractivity contribution in [3.8, 4) is 0 Å². The lowest BCUT2D eigenvalue weighted by Crippen LogP contribution is -2.36. The van der Waals surface area contributed by atoms with Gasteiger partial charge in [0.15, 0.2) is 0 Å². The van der Waals surface area contributed by atoms with Gasteiger partial charge in [-0.2, -0.15) is 0 Å². The first-order valence-corrected chi connectivity index (χ1v) is 8.99. The van der Waals surface area contributed by atoms with Crippen molar-refractivity contribution in [2.24, 2.45) is 17.8 Å². The van der Waals surface area contributed by atoms with E-state index in [0.717, 1.165) is 24.3 Å². The smallest absolute Gasteiger partial charge is 0.0982 e. The summed E-state index contributed by atoms with van der Waals surface area (Å²) in [6.07, 6.45) is 5.94. The molecule has 0 radical (unpaired) electrons. The van der Waals surface area contributed by atoms with E-state index in [1.54, 1.807) is 11.3 Å². The van der Waals surface area contributed by atoms with E-state index in [1.807, 2.05) is 0 Å². The maximum Gasteiger partial charge on any atom is 0.0982 e. The fraction of sp³-hybridized carbons (Fsp3) is 0.824. The summed E-state index contributed by atoms with van der Waals surface area (Å²) in [6, 6.07) is 0.644. The molecule has 2 aliphatic carbocycles. The normalized spacial score (nSPS) is 30.9. The van der Waals surface area contributed by atoms with Gasteiger partial charge in [-0.1, -0.05) is 27.2 Å². The predicted octanol–water partition coefficient (Wildman–Crippen LogP) is 4.35. The van der Waals surface area contributed by atoms with Crippen molar-refractivity contribution < 1.29 is 0 Å². The van der Waals surface area contributed by atoms with Gasteiger partial charge in [0.25, 0.3) is 0 Å². The van der Waals surface area contributed by atoms with Gasteiger partial charge in [0, 0.05) is 23.4 Å². The Balaban J connectivity index is 1.53. The van der Waals surface area contributed by atoms with Crippen molar-refractivity contribution in [3.63, 3.8) is 0 Å². The molecule has 3 rings (SSSR count). The molecule has 1 aromatic heterocycles. The van der Waals surface area contributed by atoms with Crippen molar-refractivity contribution >= 4 is 11.3 Å². The molecule has 1 N–H and O–H groups in total. The van der Waals surface area contributed by atoms with Crippen LogP contribution in [-0.2, 0) is 12.0 Å². The molecule has 0 aliphatic heterocycles. The summed E-state index contributed by atoms with van der Waals surface area (Å²) < 4.78 is 0. The average molecular weight is 292 g/mol. The second kappa shape index (κ2) is 5.42. The zero-order valence-corrected chi connectivity index (χ0v) is 14.1. The molecule has 1 heterocycles. The highest BCUT2D eigenvalue weighted by molar-refractivity contribution is 7.09. The van der Waals surface area contributed by atoms with E-state index in [0.29, 0.717) is 6.04 Å². The molecule has 0 amide bonds. The molecule has 3 heteroatoms. The first-order chi connectivity index (χ1) is 9.43. The molecule has 2 aliphatic rings. The lowest BCUT2D eigenvalue weighted by atomic mass is 9.84. The number of aromatic nitrogens is 1. The lowest BCUT2D eigenvalue weighted by Gasteiger charge is -2.28. The molecule has 112 valence electrons.